The number of hydrogen-bond acceptors (Lipinski definition) is 7. The molecule has 126 valence electrons. The van der Waals surface area contributed by atoms with E-state index in [0.29, 0.717) is 24.8 Å². The number of fused-ring (bicyclic) bond motifs is 1. The van der Waals surface area contributed by atoms with Gasteiger partial charge in [-0.15, -0.1) is 0 Å². The van der Waals surface area contributed by atoms with E-state index in [2.05, 4.69) is 25.4 Å². The number of rotatable bonds is 6. The molecule has 0 aliphatic carbocycles. The fourth-order valence-corrected chi connectivity index (χ4v) is 2.55. The van der Waals surface area contributed by atoms with E-state index in [1.807, 2.05) is 30.7 Å². The van der Waals surface area contributed by atoms with Crippen molar-refractivity contribution in [3.63, 3.8) is 0 Å². The van der Waals surface area contributed by atoms with Gasteiger partial charge in [-0.05, 0) is 31.0 Å². The summed E-state index contributed by atoms with van der Waals surface area (Å²) >= 11 is 0. The molecule has 0 amide bonds. The Labute approximate surface area is 140 Å². The monoisotopic (exact) mass is 327 g/mol. The van der Waals surface area contributed by atoms with Gasteiger partial charge in [-0.1, -0.05) is 6.92 Å². The van der Waals surface area contributed by atoms with E-state index in [1.54, 1.807) is 13.3 Å². The van der Waals surface area contributed by atoms with Gasteiger partial charge in [0.1, 0.15) is 16.9 Å². The molecule has 3 heterocycles. The van der Waals surface area contributed by atoms with Crippen molar-refractivity contribution >= 4 is 28.6 Å². The van der Waals surface area contributed by atoms with E-state index in [4.69, 9.17) is 10.5 Å². The maximum Gasteiger partial charge on any atom is 0.222 e. The fraction of sp³-hybridized carbons (Fsp3) is 0.375. The van der Waals surface area contributed by atoms with Gasteiger partial charge in [0.05, 0.1) is 18.8 Å². The Balaban J connectivity index is 2.12. The smallest absolute Gasteiger partial charge is 0.222 e. The number of hydrogen-bond donors (Lipinski definition) is 2. The van der Waals surface area contributed by atoms with E-state index < -0.39 is 0 Å². The number of methoxy groups -OCH3 is 1. The lowest BCUT2D eigenvalue weighted by Crippen LogP contribution is -2.09. The number of nitrogens with two attached hydrogens (primary N) is 1. The second-order valence-corrected chi connectivity index (χ2v) is 5.49. The van der Waals surface area contributed by atoms with Gasteiger partial charge in [-0.2, -0.15) is 10.1 Å². The van der Waals surface area contributed by atoms with Crippen LogP contribution in [0.3, 0.4) is 0 Å². The molecule has 8 heteroatoms. The van der Waals surface area contributed by atoms with E-state index in [-0.39, 0.29) is 5.95 Å². The SMILES string of the molecule is CCc1nn(CCOC)c2c(Nc3cc(C)ccn3)nc(N)nc12. The minimum Gasteiger partial charge on any atom is -0.383 e. The minimum absolute atomic E-state index is 0.207. The molecule has 0 aliphatic rings. The maximum atomic E-state index is 5.90. The predicted molar refractivity (Wildman–Crippen MR) is 93.2 cm³/mol. The highest BCUT2D eigenvalue weighted by atomic mass is 16.5. The van der Waals surface area contributed by atoms with Crippen molar-refractivity contribution in [1.82, 2.24) is 24.7 Å². The summed E-state index contributed by atoms with van der Waals surface area (Å²) in [5.74, 6) is 1.50. The Morgan fingerprint density at radius 3 is 2.88 bits per heavy atom. The summed E-state index contributed by atoms with van der Waals surface area (Å²) in [4.78, 5) is 13.1. The normalized spacial score (nSPS) is 11.1. The number of nitrogens with one attached hydrogen (secondary N) is 1. The predicted octanol–water partition coefficient (Wildman–Crippen LogP) is 2.06. The molecule has 24 heavy (non-hydrogen) atoms. The average Bonchev–Trinajstić information content (AvgIpc) is 2.90. The minimum atomic E-state index is 0.207. The van der Waals surface area contributed by atoms with Crippen molar-refractivity contribution in [2.75, 3.05) is 24.8 Å². The summed E-state index contributed by atoms with van der Waals surface area (Å²) in [6.45, 7) is 5.20. The van der Waals surface area contributed by atoms with Gasteiger partial charge in [0.2, 0.25) is 5.95 Å². The zero-order valence-electron chi connectivity index (χ0n) is 14.1. The van der Waals surface area contributed by atoms with Crippen LogP contribution < -0.4 is 11.1 Å². The number of anilines is 3. The first-order valence-corrected chi connectivity index (χ1v) is 7.84. The maximum absolute atomic E-state index is 5.90. The number of aryl methyl sites for hydroxylation is 2. The third-order valence-electron chi connectivity index (χ3n) is 3.68. The second-order valence-electron chi connectivity index (χ2n) is 5.49. The Bertz CT molecular complexity index is 859. The van der Waals surface area contributed by atoms with Crippen LogP contribution in [0.2, 0.25) is 0 Å². The quantitative estimate of drug-likeness (QED) is 0.714. The summed E-state index contributed by atoms with van der Waals surface area (Å²) in [6, 6.07) is 3.88. The number of nitrogens with zero attached hydrogens (tertiary/aromatic N) is 5. The Hall–Kier alpha value is -2.74. The van der Waals surface area contributed by atoms with Gasteiger partial charge in [0.25, 0.3) is 0 Å². The summed E-state index contributed by atoms with van der Waals surface area (Å²) in [5, 5.41) is 7.86. The lowest BCUT2D eigenvalue weighted by molar-refractivity contribution is 0.184. The van der Waals surface area contributed by atoms with Crippen LogP contribution in [-0.4, -0.2) is 38.4 Å². The van der Waals surface area contributed by atoms with E-state index in [0.717, 1.165) is 28.7 Å². The molecule has 0 unspecified atom stereocenters. The van der Waals surface area contributed by atoms with E-state index in [1.165, 1.54) is 0 Å². The van der Waals surface area contributed by atoms with Crippen LogP contribution >= 0.6 is 0 Å². The van der Waals surface area contributed by atoms with Crippen LogP contribution in [0.1, 0.15) is 18.2 Å². The van der Waals surface area contributed by atoms with Crippen LogP contribution in [0.4, 0.5) is 17.6 Å². The number of nitrogen functional groups attached to an aromatic ring is 1. The van der Waals surface area contributed by atoms with Crippen LogP contribution in [0.25, 0.3) is 11.0 Å². The fourth-order valence-electron chi connectivity index (χ4n) is 2.55. The Kier molecular flexibility index (Phi) is 4.57. The van der Waals surface area contributed by atoms with Crippen molar-refractivity contribution in [1.29, 1.82) is 0 Å². The topological polar surface area (TPSA) is 104 Å². The third kappa shape index (κ3) is 3.13. The van der Waals surface area contributed by atoms with Crippen molar-refractivity contribution in [2.45, 2.75) is 26.8 Å². The molecule has 0 saturated carbocycles. The zero-order chi connectivity index (χ0) is 17.1. The Morgan fingerprint density at radius 1 is 1.33 bits per heavy atom. The molecule has 3 aromatic rings. The van der Waals surface area contributed by atoms with E-state index in [9.17, 15) is 0 Å². The Morgan fingerprint density at radius 2 is 2.17 bits per heavy atom. The molecular weight excluding hydrogens is 306 g/mol. The average molecular weight is 327 g/mol. The molecule has 3 N–H and O–H groups in total. The lowest BCUT2D eigenvalue weighted by atomic mass is 10.2. The molecule has 0 bridgehead atoms. The molecule has 0 atom stereocenters. The van der Waals surface area contributed by atoms with E-state index >= 15 is 0 Å². The molecule has 0 aromatic carbocycles. The lowest BCUT2D eigenvalue weighted by Gasteiger charge is -2.10. The standard InChI is InChI=1S/C16H21N7O/c1-4-11-13-14(23(22-11)7-8-24-3)15(21-16(17)20-13)19-12-9-10(2)5-6-18-12/h5-6,9H,4,7-8H2,1-3H3,(H3,17,18,19,20,21). The van der Waals surface area contributed by atoms with Gasteiger partial charge >= 0.3 is 0 Å². The first kappa shape index (κ1) is 16.1. The van der Waals surface area contributed by atoms with Gasteiger partial charge in [-0.25, -0.2) is 9.97 Å². The molecular formula is C16H21N7O. The molecule has 0 radical (unpaired) electrons. The van der Waals surface area contributed by atoms with Gasteiger partial charge in [-0.3, -0.25) is 4.68 Å². The molecule has 3 aromatic heterocycles. The molecule has 8 nitrogen and oxygen atoms in total. The highest BCUT2D eigenvalue weighted by molar-refractivity contribution is 5.90. The number of pyridine rings is 1. The van der Waals surface area contributed by atoms with Crippen LogP contribution in [0, 0.1) is 6.92 Å². The summed E-state index contributed by atoms with van der Waals surface area (Å²) < 4.78 is 7.03. The molecule has 0 saturated heterocycles. The molecule has 0 spiro atoms. The highest BCUT2D eigenvalue weighted by Gasteiger charge is 2.17. The molecule has 0 fully saturated rings. The van der Waals surface area contributed by atoms with Gasteiger partial charge < -0.3 is 15.8 Å². The summed E-state index contributed by atoms with van der Waals surface area (Å²) in [5.41, 5.74) is 9.45. The highest BCUT2D eigenvalue weighted by Crippen LogP contribution is 2.27. The molecule has 3 rings (SSSR count). The first-order valence-electron chi connectivity index (χ1n) is 7.84. The van der Waals surface area contributed by atoms with Crippen molar-refractivity contribution < 1.29 is 4.74 Å². The van der Waals surface area contributed by atoms with Crippen molar-refractivity contribution in [3.8, 4) is 0 Å². The summed E-state index contributed by atoms with van der Waals surface area (Å²) in [6.07, 6.45) is 2.51. The van der Waals surface area contributed by atoms with Crippen molar-refractivity contribution in [2.24, 2.45) is 0 Å². The van der Waals surface area contributed by atoms with Crippen molar-refractivity contribution in [3.05, 3.63) is 29.6 Å². The third-order valence-corrected chi connectivity index (χ3v) is 3.68. The second kappa shape index (κ2) is 6.79. The van der Waals surface area contributed by atoms with Crippen LogP contribution in [-0.2, 0) is 17.7 Å². The first-order chi connectivity index (χ1) is 11.6. The molecule has 0 aliphatic heterocycles. The summed E-state index contributed by atoms with van der Waals surface area (Å²) in [7, 11) is 1.66. The van der Waals surface area contributed by atoms with Crippen LogP contribution in [0.15, 0.2) is 18.3 Å². The van der Waals surface area contributed by atoms with Gasteiger partial charge in [0, 0.05) is 13.3 Å². The zero-order valence-corrected chi connectivity index (χ0v) is 14.1. The number of ether oxygens (including phenoxy) is 1. The van der Waals surface area contributed by atoms with Gasteiger partial charge in [0.15, 0.2) is 5.82 Å². The largest absolute Gasteiger partial charge is 0.383 e. The number of aromatic nitrogens is 5. The van der Waals surface area contributed by atoms with Crippen LogP contribution in [0.5, 0.6) is 0 Å².